The van der Waals surface area contributed by atoms with Gasteiger partial charge in [0, 0.05) is 6.42 Å². The van der Waals surface area contributed by atoms with Crippen molar-refractivity contribution in [3.63, 3.8) is 0 Å². The zero-order valence-corrected chi connectivity index (χ0v) is 25.8. The number of carbonyl (C=O) groups excluding carboxylic acids is 1. The van der Waals surface area contributed by atoms with Crippen LogP contribution < -0.4 is 4.74 Å². The number of carbonyl (C=O) groups is 2. The number of ether oxygens (including phenoxy) is 2. The Hall–Kier alpha value is -4.32. The van der Waals surface area contributed by atoms with Crippen LogP contribution in [-0.4, -0.2) is 79.7 Å². The summed E-state index contributed by atoms with van der Waals surface area (Å²) in [7, 11) is 0. The molecule has 4 aromatic rings. The summed E-state index contributed by atoms with van der Waals surface area (Å²) in [5.41, 5.74) is 3.92. The molecule has 7 unspecified atom stereocenters. The second-order valence-corrected chi connectivity index (χ2v) is 12.5. The molecule has 6 N–H and O–H groups in total. The third-order valence-corrected chi connectivity index (χ3v) is 9.49. The highest BCUT2D eigenvalue weighted by Gasteiger charge is 2.45. The van der Waals surface area contributed by atoms with Gasteiger partial charge in [-0.05, 0) is 77.8 Å². The van der Waals surface area contributed by atoms with Crippen molar-refractivity contribution in [3.8, 4) is 11.5 Å². The monoisotopic (exact) mass is 642 g/mol. The fourth-order valence-electron chi connectivity index (χ4n) is 7.10. The number of hydrogen-bond donors (Lipinski definition) is 6. The van der Waals surface area contributed by atoms with Crippen molar-refractivity contribution in [2.75, 3.05) is 6.61 Å². The quantitative estimate of drug-likeness (QED) is 0.145. The minimum Gasteiger partial charge on any atom is -0.506 e. The van der Waals surface area contributed by atoms with Crippen LogP contribution >= 0.6 is 0 Å². The summed E-state index contributed by atoms with van der Waals surface area (Å²) in [6.07, 6.45) is -5.31. The molecule has 0 bridgehead atoms. The fraction of sp³-hybridized carbons (Fsp3) is 0.351. The number of rotatable bonds is 9. The third kappa shape index (κ3) is 6.35. The molecule has 47 heavy (non-hydrogen) atoms. The minimum absolute atomic E-state index is 0.0212. The Labute approximate surface area is 271 Å². The number of aliphatic hydroxyl groups is 4. The molecular formula is C37H38O10. The summed E-state index contributed by atoms with van der Waals surface area (Å²) in [6, 6.07) is 22.6. The van der Waals surface area contributed by atoms with Crippen molar-refractivity contribution in [1.29, 1.82) is 0 Å². The lowest BCUT2D eigenvalue weighted by Gasteiger charge is -2.39. The summed E-state index contributed by atoms with van der Waals surface area (Å²) in [5, 5.41) is 62.3. The van der Waals surface area contributed by atoms with Crippen molar-refractivity contribution < 1.29 is 49.7 Å². The second-order valence-electron chi connectivity index (χ2n) is 12.5. The average Bonchev–Trinajstić information content (AvgIpc) is 3.06. The fourth-order valence-corrected chi connectivity index (χ4v) is 7.10. The standard InChI is InChI=1S/C37H38O10/c1-19-13-23-15-24(36(44)45)17-28(46-37-35(43)34(42)32(40)29(18-38)47-37)31(23)33(41)30(19)27(39)16-22-12-11-21(14-20-7-3-2-4-8-20)25-9-5-6-10-26(22)25/h2-10,13,15,17,21-22,29,32,34-35,37-38,40-43H,11-12,14,16,18H2,1H3,(H,44,45). The number of carboxylic acids is 1. The van der Waals surface area contributed by atoms with Crippen molar-refractivity contribution in [1.82, 2.24) is 0 Å². The van der Waals surface area contributed by atoms with E-state index in [9.17, 15) is 40.2 Å². The molecule has 7 atom stereocenters. The number of aromatic carboxylic acids is 1. The predicted molar refractivity (Wildman–Crippen MR) is 172 cm³/mol. The van der Waals surface area contributed by atoms with Crippen LogP contribution in [0.25, 0.3) is 10.8 Å². The number of fused-ring (bicyclic) bond motifs is 2. The lowest BCUT2D eigenvalue weighted by atomic mass is 9.72. The van der Waals surface area contributed by atoms with E-state index in [4.69, 9.17) is 9.47 Å². The van der Waals surface area contributed by atoms with E-state index >= 15 is 0 Å². The molecule has 1 fully saturated rings. The number of phenolic OH excluding ortho intramolecular Hbond substituents is 1. The summed E-state index contributed by atoms with van der Waals surface area (Å²) in [5.74, 6) is -1.95. The van der Waals surface area contributed by atoms with E-state index in [1.54, 1.807) is 13.0 Å². The van der Waals surface area contributed by atoms with Gasteiger partial charge in [0.2, 0.25) is 6.29 Å². The SMILES string of the molecule is Cc1cc2cc(C(=O)O)cc(OC3OC(CO)C(O)C(O)C3O)c2c(O)c1C(=O)CC1CCC(Cc2ccccc2)c2ccccc21. The van der Waals surface area contributed by atoms with E-state index in [1.165, 1.54) is 17.2 Å². The first-order chi connectivity index (χ1) is 22.6. The molecule has 1 heterocycles. The molecule has 10 heteroatoms. The summed E-state index contributed by atoms with van der Waals surface area (Å²) < 4.78 is 11.3. The Kier molecular flexibility index (Phi) is 9.32. The molecule has 0 spiro atoms. The maximum absolute atomic E-state index is 14.0. The van der Waals surface area contributed by atoms with E-state index in [1.807, 2.05) is 30.3 Å². The van der Waals surface area contributed by atoms with Gasteiger partial charge in [0.1, 0.15) is 35.9 Å². The number of hydrogen-bond acceptors (Lipinski definition) is 9. The van der Waals surface area contributed by atoms with Crippen molar-refractivity contribution in [3.05, 3.63) is 106 Å². The molecule has 1 aliphatic heterocycles. The van der Waals surface area contributed by atoms with Crippen LogP contribution in [0.3, 0.4) is 0 Å². The maximum atomic E-state index is 14.0. The van der Waals surface area contributed by atoms with Gasteiger partial charge in [0.15, 0.2) is 5.78 Å². The number of aromatic hydroxyl groups is 1. The van der Waals surface area contributed by atoms with Gasteiger partial charge >= 0.3 is 5.97 Å². The minimum atomic E-state index is -1.78. The van der Waals surface area contributed by atoms with Gasteiger partial charge in [-0.15, -0.1) is 0 Å². The molecule has 10 nitrogen and oxygen atoms in total. The Bertz CT molecular complexity index is 1790. The van der Waals surface area contributed by atoms with Crippen molar-refractivity contribution in [2.45, 2.75) is 75.1 Å². The summed E-state index contributed by atoms with van der Waals surface area (Å²) >= 11 is 0. The highest BCUT2D eigenvalue weighted by atomic mass is 16.7. The lowest BCUT2D eigenvalue weighted by Crippen LogP contribution is -2.60. The maximum Gasteiger partial charge on any atom is 0.335 e. The number of benzene rings is 4. The second kappa shape index (κ2) is 13.4. The topological polar surface area (TPSA) is 174 Å². The zero-order chi connectivity index (χ0) is 33.4. The highest BCUT2D eigenvalue weighted by Crippen LogP contribution is 2.45. The van der Waals surface area contributed by atoms with Gasteiger partial charge in [-0.2, -0.15) is 0 Å². The molecule has 6 rings (SSSR count). The van der Waals surface area contributed by atoms with Gasteiger partial charge in [0.05, 0.1) is 23.1 Å². The molecule has 0 amide bonds. The van der Waals surface area contributed by atoms with Gasteiger partial charge in [-0.1, -0.05) is 60.7 Å². The molecule has 4 aromatic carbocycles. The van der Waals surface area contributed by atoms with E-state index < -0.39 is 49.0 Å². The summed E-state index contributed by atoms with van der Waals surface area (Å²) in [6.45, 7) is 0.976. The van der Waals surface area contributed by atoms with E-state index in [2.05, 4.69) is 24.3 Å². The molecule has 0 saturated carbocycles. The van der Waals surface area contributed by atoms with Crippen LogP contribution in [0.1, 0.15) is 74.1 Å². The molecule has 2 aliphatic rings. The largest absolute Gasteiger partial charge is 0.506 e. The lowest BCUT2D eigenvalue weighted by molar-refractivity contribution is -0.277. The first-order valence-electron chi connectivity index (χ1n) is 15.7. The Balaban J connectivity index is 1.33. The average molecular weight is 643 g/mol. The van der Waals surface area contributed by atoms with Gasteiger partial charge in [0.25, 0.3) is 0 Å². The molecule has 0 radical (unpaired) electrons. The molecule has 246 valence electrons. The summed E-state index contributed by atoms with van der Waals surface area (Å²) in [4.78, 5) is 26.0. The third-order valence-electron chi connectivity index (χ3n) is 9.49. The van der Waals surface area contributed by atoms with Crippen LogP contribution in [-0.2, 0) is 11.2 Å². The van der Waals surface area contributed by atoms with Gasteiger partial charge in [-0.3, -0.25) is 4.79 Å². The van der Waals surface area contributed by atoms with Crippen LogP contribution in [0, 0.1) is 6.92 Å². The first-order valence-corrected chi connectivity index (χ1v) is 15.7. The Morgan fingerprint density at radius 3 is 2.21 bits per heavy atom. The number of Topliss-reactive ketones (excluding diaryl/α,β-unsaturated/α-hetero) is 1. The molecule has 1 saturated heterocycles. The normalized spacial score (nSPS) is 25.7. The van der Waals surface area contributed by atoms with Crippen LogP contribution in [0.4, 0.5) is 0 Å². The van der Waals surface area contributed by atoms with E-state index in [0.29, 0.717) is 11.5 Å². The van der Waals surface area contributed by atoms with Crippen molar-refractivity contribution in [2.24, 2.45) is 0 Å². The predicted octanol–water partition coefficient (Wildman–Crippen LogP) is 4.21. The number of carboxylic acid groups (broad SMARTS) is 1. The molecule has 0 aromatic heterocycles. The van der Waals surface area contributed by atoms with Gasteiger partial charge < -0.3 is 40.1 Å². The Morgan fingerprint density at radius 1 is 0.872 bits per heavy atom. The number of phenols is 1. The van der Waals surface area contributed by atoms with E-state index in [0.717, 1.165) is 30.9 Å². The highest BCUT2D eigenvalue weighted by molar-refractivity contribution is 6.09. The molecular weight excluding hydrogens is 604 g/mol. The van der Waals surface area contributed by atoms with Gasteiger partial charge in [-0.25, -0.2) is 4.79 Å². The van der Waals surface area contributed by atoms with Crippen molar-refractivity contribution >= 4 is 22.5 Å². The van der Waals surface area contributed by atoms with Crippen LogP contribution in [0.15, 0.2) is 72.8 Å². The first kappa shape index (κ1) is 32.6. The van der Waals surface area contributed by atoms with E-state index in [-0.39, 0.29) is 45.8 Å². The zero-order valence-electron chi connectivity index (χ0n) is 25.8. The number of ketones is 1. The van der Waals surface area contributed by atoms with Crippen LogP contribution in [0.5, 0.6) is 11.5 Å². The smallest absolute Gasteiger partial charge is 0.335 e. The number of aliphatic hydroxyl groups excluding tert-OH is 4. The Morgan fingerprint density at radius 2 is 1.53 bits per heavy atom. The molecule has 1 aliphatic carbocycles. The van der Waals surface area contributed by atoms with Crippen LogP contribution in [0.2, 0.25) is 0 Å². The number of aryl methyl sites for hydroxylation is 1.